The zero-order valence-corrected chi connectivity index (χ0v) is 11.0. The number of carbonyl (C=O) groups excluding carboxylic acids is 1. The van der Waals surface area contributed by atoms with Crippen molar-refractivity contribution >= 4 is 17.8 Å². The van der Waals surface area contributed by atoms with Gasteiger partial charge in [-0.05, 0) is 0 Å². The van der Waals surface area contributed by atoms with E-state index < -0.39 is 18.0 Å². The van der Waals surface area contributed by atoms with E-state index in [-0.39, 0.29) is 25.3 Å². The number of nitrogens with two attached hydrogens (primary N) is 1. The Labute approximate surface area is 115 Å². The Morgan fingerprint density at radius 1 is 1.45 bits per heavy atom. The monoisotopic (exact) mass is 286 g/mol. The molecule has 1 heterocycles. The molecule has 1 rings (SSSR count). The standard InChI is InChI=1S/C6H9N3O2.C5H9NO3/c7-5(6(10)11)1-4-2-8-3-9-4;1-4(7)6-3-2-5(8)9/h2-3,5H,1,7H2,(H,8,9)(H,10,11);2-3H2,1H3,(H,6,7)(H,8,9). The Kier molecular flexibility index (Phi) is 8.35. The third kappa shape index (κ3) is 9.59. The first kappa shape index (κ1) is 17.6. The SMILES string of the molecule is CC(=O)NCCC(=O)O.NC(Cc1cnc[nH]1)C(=O)O. The number of rotatable bonds is 6. The molecule has 0 saturated heterocycles. The van der Waals surface area contributed by atoms with Crippen molar-refractivity contribution in [3.8, 4) is 0 Å². The minimum absolute atomic E-state index is 0.0143. The molecule has 0 spiro atoms. The molecule has 0 saturated carbocycles. The topological polar surface area (TPSA) is 158 Å². The number of hydrogen-bond acceptors (Lipinski definition) is 5. The Bertz CT molecular complexity index is 418. The van der Waals surface area contributed by atoms with Crippen LogP contribution in [0.4, 0.5) is 0 Å². The summed E-state index contributed by atoms with van der Waals surface area (Å²) in [6.07, 6.45) is 3.32. The molecule has 9 nitrogen and oxygen atoms in total. The highest BCUT2D eigenvalue weighted by molar-refractivity contribution is 5.74. The van der Waals surface area contributed by atoms with E-state index in [4.69, 9.17) is 15.9 Å². The van der Waals surface area contributed by atoms with Gasteiger partial charge in [-0.2, -0.15) is 0 Å². The highest BCUT2D eigenvalue weighted by Crippen LogP contribution is 1.95. The lowest BCUT2D eigenvalue weighted by atomic mass is 10.2. The molecule has 0 fully saturated rings. The van der Waals surface area contributed by atoms with Gasteiger partial charge >= 0.3 is 11.9 Å². The first-order valence-corrected chi connectivity index (χ1v) is 5.74. The largest absolute Gasteiger partial charge is 0.481 e. The van der Waals surface area contributed by atoms with Crippen molar-refractivity contribution < 1.29 is 24.6 Å². The molecule has 0 aliphatic carbocycles. The molecule has 112 valence electrons. The van der Waals surface area contributed by atoms with E-state index in [1.54, 1.807) is 6.20 Å². The zero-order chi connectivity index (χ0) is 15.5. The van der Waals surface area contributed by atoms with E-state index in [0.717, 1.165) is 5.69 Å². The van der Waals surface area contributed by atoms with Crippen molar-refractivity contribution in [2.24, 2.45) is 5.73 Å². The maximum atomic E-state index is 10.3. The number of amides is 1. The van der Waals surface area contributed by atoms with Crippen LogP contribution < -0.4 is 11.1 Å². The number of aromatic nitrogens is 2. The summed E-state index contributed by atoms with van der Waals surface area (Å²) in [6, 6.07) is -0.851. The summed E-state index contributed by atoms with van der Waals surface area (Å²) in [4.78, 5) is 36.7. The van der Waals surface area contributed by atoms with Gasteiger partial charge in [0.25, 0.3) is 0 Å². The quantitative estimate of drug-likeness (QED) is 0.446. The van der Waals surface area contributed by atoms with Gasteiger partial charge < -0.3 is 26.2 Å². The minimum Gasteiger partial charge on any atom is -0.481 e. The number of aromatic amines is 1. The van der Waals surface area contributed by atoms with E-state index in [1.165, 1.54) is 13.3 Å². The van der Waals surface area contributed by atoms with Crippen LogP contribution in [0.2, 0.25) is 0 Å². The van der Waals surface area contributed by atoms with Crippen molar-refractivity contribution in [3.63, 3.8) is 0 Å². The number of nitrogens with one attached hydrogen (secondary N) is 2. The fourth-order valence-electron chi connectivity index (χ4n) is 1.07. The second kappa shape index (κ2) is 9.50. The number of imidazole rings is 1. The molecule has 9 heteroatoms. The maximum absolute atomic E-state index is 10.3. The molecule has 0 bridgehead atoms. The van der Waals surface area contributed by atoms with E-state index in [9.17, 15) is 14.4 Å². The zero-order valence-electron chi connectivity index (χ0n) is 11.0. The van der Waals surface area contributed by atoms with Crippen LogP contribution in [0, 0.1) is 0 Å². The second-order valence-electron chi connectivity index (χ2n) is 3.85. The smallest absolute Gasteiger partial charge is 0.320 e. The van der Waals surface area contributed by atoms with Gasteiger partial charge in [-0.15, -0.1) is 0 Å². The molecule has 1 amide bonds. The van der Waals surface area contributed by atoms with Gasteiger partial charge in [0.1, 0.15) is 6.04 Å². The van der Waals surface area contributed by atoms with Crippen LogP contribution in [0.1, 0.15) is 19.0 Å². The summed E-state index contributed by atoms with van der Waals surface area (Å²) in [7, 11) is 0. The molecule has 0 aliphatic heterocycles. The molecule has 0 aliphatic rings. The van der Waals surface area contributed by atoms with Crippen molar-refractivity contribution in [2.45, 2.75) is 25.8 Å². The lowest BCUT2D eigenvalue weighted by molar-refractivity contribution is -0.139. The molecule has 1 atom stereocenters. The maximum Gasteiger partial charge on any atom is 0.320 e. The highest BCUT2D eigenvalue weighted by Gasteiger charge is 2.12. The van der Waals surface area contributed by atoms with Crippen LogP contribution in [0.25, 0.3) is 0 Å². The Morgan fingerprint density at radius 2 is 2.10 bits per heavy atom. The van der Waals surface area contributed by atoms with Gasteiger partial charge in [0, 0.05) is 31.8 Å². The molecular formula is C11H18N4O5. The van der Waals surface area contributed by atoms with Gasteiger partial charge in [-0.25, -0.2) is 4.98 Å². The van der Waals surface area contributed by atoms with Crippen molar-refractivity contribution in [1.82, 2.24) is 15.3 Å². The highest BCUT2D eigenvalue weighted by atomic mass is 16.4. The third-order valence-electron chi connectivity index (χ3n) is 2.02. The van der Waals surface area contributed by atoms with Crippen molar-refractivity contribution in [1.29, 1.82) is 0 Å². The normalized spacial score (nSPS) is 10.9. The number of aliphatic carboxylic acids is 2. The summed E-state index contributed by atoms with van der Waals surface area (Å²) in [5, 5.41) is 18.9. The van der Waals surface area contributed by atoms with Crippen molar-refractivity contribution in [3.05, 3.63) is 18.2 Å². The van der Waals surface area contributed by atoms with Crippen LogP contribution in [0.15, 0.2) is 12.5 Å². The van der Waals surface area contributed by atoms with Crippen molar-refractivity contribution in [2.75, 3.05) is 6.54 Å². The molecule has 0 radical (unpaired) electrons. The summed E-state index contributed by atoms with van der Waals surface area (Å²) >= 11 is 0. The fourth-order valence-corrected chi connectivity index (χ4v) is 1.07. The molecule has 6 N–H and O–H groups in total. The number of nitrogens with zero attached hydrogens (tertiary/aromatic N) is 1. The van der Waals surface area contributed by atoms with Gasteiger partial charge in [0.05, 0.1) is 12.7 Å². The Morgan fingerprint density at radius 3 is 2.50 bits per heavy atom. The fraction of sp³-hybridized carbons (Fsp3) is 0.455. The summed E-state index contributed by atoms with van der Waals surface area (Å²) in [5.74, 6) is -2.10. The van der Waals surface area contributed by atoms with Gasteiger partial charge in [0.15, 0.2) is 0 Å². The number of carboxylic acid groups (broad SMARTS) is 2. The predicted molar refractivity (Wildman–Crippen MR) is 68.8 cm³/mol. The lowest BCUT2D eigenvalue weighted by Gasteiger charge is -2.02. The molecule has 1 aromatic rings. The van der Waals surface area contributed by atoms with Gasteiger partial charge in [-0.1, -0.05) is 0 Å². The molecular weight excluding hydrogens is 268 g/mol. The lowest BCUT2D eigenvalue weighted by Crippen LogP contribution is -2.32. The number of hydrogen-bond donors (Lipinski definition) is 5. The summed E-state index contributed by atoms with van der Waals surface area (Å²) in [6.45, 7) is 1.56. The van der Waals surface area contributed by atoms with Gasteiger partial charge in [0.2, 0.25) is 5.91 Å². The Balaban J connectivity index is 0.000000370. The first-order chi connectivity index (χ1) is 9.32. The molecule has 0 aromatic carbocycles. The van der Waals surface area contributed by atoms with E-state index in [1.807, 2.05) is 0 Å². The van der Waals surface area contributed by atoms with Crippen LogP contribution >= 0.6 is 0 Å². The average Bonchev–Trinajstić information content (AvgIpc) is 2.81. The van der Waals surface area contributed by atoms with Crippen LogP contribution in [-0.2, 0) is 20.8 Å². The predicted octanol–water partition coefficient (Wildman–Crippen LogP) is -1.04. The van der Waals surface area contributed by atoms with E-state index in [2.05, 4.69) is 15.3 Å². The second-order valence-corrected chi connectivity index (χ2v) is 3.85. The molecule has 1 unspecified atom stereocenters. The number of carboxylic acids is 2. The first-order valence-electron chi connectivity index (χ1n) is 5.74. The van der Waals surface area contributed by atoms with Crippen LogP contribution in [-0.4, -0.2) is 50.6 Å². The third-order valence-corrected chi connectivity index (χ3v) is 2.02. The Hall–Kier alpha value is -2.42. The summed E-state index contributed by atoms with van der Waals surface area (Å²) < 4.78 is 0. The average molecular weight is 286 g/mol. The van der Waals surface area contributed by atoms with E-state index >= 15 is 0 Å². The number of carbonyl (C=O) groups is 3. The van der Waals surface area contributed by atoms with Gasteiger partial charge in [-0.3, -0.25) is 14.4 Å². The molecule has 1 aromatic heterocycles. The van der Waals surface area contributed by atoms with Crippen LogP contribution in [0.3, 0.4) is 0 Å². The van der Waals surface area contributed by atoms with Crippen LogP contribution in [0.5, 0.6) is 0 Å². The van der Waals surface area contributed by atoms with E-state index in [0.29, 0.717) is 0 Å². The summed E-state index contributed by atoms with van der Waals surface area (Å²) in [5.41, 5.74) is 6.00. The number of H-pyrrole nitrogens is 1. The minimum atomic E-state index is -1.00. The molecule has 20 heavy (non-hydrogen) atoms.